The number of nitrogens with zero attached hydrogens (tertiary/aromatic N) is 1. The SMILES string of the molecule is COc1cc(C(=O)NCC(O)(c2ccc(OC)c(-c3ccc(F)c(Cl)c3)n2)C(F)(F)F)ccc1OC1CCCC1=O. The fourth-order valence-electron chi connectivity index (χ4n) is 4.31. The summed E-state index contributed by atoms with van der Waals surface area (Å²) < 4.78 is 72.6. The number of hydrogen-bond acceptors (Lipinski definition) is 7. The first kappa shape index (κ1) is 30.1. The number of Topliss-reactive ketones (excluding diaryl/α,β-unsaturated/α-hetero) is 1. The van der Waals surface area contributed by atoms with Crippen LogP contribution in [-0.4, -0.2) is 54.8 Å². The van der Waals surface area contributed by atoms with E-state index in [-0.39, 0.29) is 44.9 Å². The largest absolute Gasteiger partial charge is 0.494 e. The lowest BCUT2D eigenvalue weighted by atomic mass is 9.96. The van der Waals surface area contributed by atoms with E-state index < -0.39 is 41.8 Å². The van der Waals surface area contributed by atoms with Gasteiger partial charge in [0.2, 0.25) is 5.60 Å². The van der Waals surface area contributed by atoms with Gasteiger partial charge in [-0.25, -0.2) is 9.37 Å². The van der Waals surface area contributed by atoms with Gasteiger partial charge in [-0.05, 0) is 61.4 Å². The molecule has 4 rings (SSSR count). The summed E-state index contributed by atoms with van der Waals surface area (Å²) in [6.45, 7) is -1.30. The Labute approximate surface area is 237 Å². The molecule has 1 saturated carbocycles. The predicted molar refractivity (Wildman–Crippen MR) is 140 cm³/mol. The Hall–Kier alpha value is -3.90. The van der Waals surface area contributed by atoms with Crippen molar-refractivity contribution in [2.24, 2.45) is 0 Å². The van der Waals surface area contributed by atoms with Gasteiger partial charge >= 0.3 is 6.18 Å². The number of hydrogen-bond donors (Lipinski definition) is 2. The molecule has 218 valence electrons. The molecular weight excluding hydrogens is 572 g/mol. The van der Waals surface area contributed by atoms with Crippen LogP contribution in [0.5, 0.6) is 17.2 Å². The van der Waals surface area contributed by atoms with E-state index in [9.17, 15) is 32.3 Å². The third-order valence-electron chi connectivity index (χ3n) is 6.61. The summed E-state index contributed by atoms with van der Waals surface area (Å²) in [6, 6.07) is 9.40. The van der Waals surface area contributed by atoms with E-state index in [4.69, 9.17) is 25.8 Å². The Kier molecular flexibility index (Phi) is 8.74. The zero-order valence-electron chi connectivity index (χ0n) is 21.9. The van der Waals surface area contributed by atoms with Crippen molar-refractivity contribution in [3.8, 4) is 28.5 Å². The van der Waals surface area contributed by atoms with Crippen molar-refractivity contribution in [2.45, 2.75) is 37.1 Å². The lowest BCUT2D eigenvalue weighted by Gasteiger charge is -2.30. The van der Waals surface area contributed by atoms with E-state index in [0.717, 1.165) is 24.3 Å². The third-order valence-corrected chi connectivity index (χ3v) is 6.90. The first-order valence-electron chi connectivity index (χ1n) is 12.3. The van der Waals surface area contributed by atoms with Crippen LogP contribution in [-0.2, 0) is 10.4 Å². The standard InChI is InChI=1S/C28H25ClF4N2O6/c1-39-22-10-11-24(35-25(22)15-6-8-18(30)17(29)12-15)27(38,28(31,32)33)14-34-26(37)16-7-9-21(23(13-16)40-2)41-20-5-3-4-19(20)36/h6-13,20,38H,3-5,14H2,1-2H3,(H,34,37). The van der Waals surface area contributed by atoms with Crippen LogP contribution in [0.3, 0.4) is 0 Å². The minimum Gasteiger partial charge on any atom is -0.494 e. The molecule has 2 atom stereocenters. The number of aromatic nitrogens is 1. The summed E-state index contributed by atoms with van der Waals surface area (Å²) >= 11 is 5.83. The van der Waals surface area contributed by atoms with Crippen LogP contribution < -0.4 is 19.5 Å². The zero-order valence-corrected chi connectivity index (χ0v) is 22.6. The topological polar surface area (TPSA) is 107 Å². The summed E-state index contributed by atoms with van der Waals surface area (Å²) in [5, 5.41) is 12.7. The predicted octanol–water partition coefficient (Wildman–Crippen LogP) is 5.24. The van der Waals surface area contributed by atoms with Crippen LogP contribution in [0, 0.1) is 5.82 Å². The van der Waals surface area contributed by atoms with E-state index >= 15 is 0 Å². The lowest BCUT2D eigenvalue weighted by molar-refractivity contribution is -0.265. The smallest absolute Gasteiger partial charge is 0.424 e. The molecule has 1 aliphatic carbocycles. The lowest BCUT2D eigenvalue weighted by Crippen LogP contribution is -2.51. The fraction of sp³-hybridized carbons (Fsp3) is 0.321. The number of carbonyl (C=O) groups is 2. The maximum atomic E-state index is 14.3. The van der Waals surface area contributed by atoms with Crippen molar-refractivity contribution in [1.82, 2.24) is 10.3 Å². The molecule has 0 spiro atoms. The molecule has 1 amide bonds. The van der Waals surface area contributed by atoms with Gasteiger partial charge in [-0.1, -0.05) is 11.6 Å². The molecule has 0 saturated heterocycles. The van der Waals surface area contributed by atoms with Crippen LogP contribution in [0.25, 0.3) is 11.3 Å². The maximum absolute atomic E-state index is 14.3. The van der Waals surface area contributed by atoms with Crippen LogP contribution >= 0.6 is 11.6 Å². The van der Waals surface area contributed by atoms with Gasteiger partial charge in [0.15, 0.2) is 23.4 Å². The highest BCUT2D eigenvalue weighted by atomic mass is 35.5. The van der Waals surface area contributed by atoms with Crippen molar-refractivity contribution in [2.75, 3.05) is 20.8 Å². The molecule has 2 aromatic carbocycles. The fourth-order valence-corrected chi connectivity index (χ4v) is 4.49. The van der Waals surface area contributed by atoms with Crippen molar-refractivity contribution >= 4 is 23.3 Å². The summed E-state index contributed by atoms with van der Waals surface area (Å²) in [7, 11) is 2.57. The number of aliphatic hydroxyl groups is 1. The molecule has 8 nitrogen and oxygen atoms in total. The molecule has 1 fully saturated rings. The first-order valence-corrected chi connectivity index (χ1v) is 12.7. The van der Waals surface area contributed by atoms with Crippen molar-refractivity contribution < 1.29 is 46.5 Å². The van der Waals surface area contributed by atoms with Gasteiger partial charge in [0.1, 0.15) is 17.3 Å². The Bertz CT molecular complexity index is 1470. The van der Waals surface area contributed by atoms with Gasteiger partial charge in [-0.3, -0.25) is 9.59 Å². The highest BCUT2D eigenvalue weighted by molar-refractivity contribution is 6.31. The van der Waals surface area contributed by atoms with E-state index in [1.54, 1.807) is 0 Å². The van der Waals surface area contributed by atoms with Crippen molar-refractivity contribution in [3.05, 3.63) is 70.6 Å². The molecule has 0 bridgehead atoms. The number of benzene rings is 2. The molecule has 0 aliphatic heterocycles. The summed E-state index contributed by atoms with van der Waals surface area (Å²) in [5.41, 5.74) is -4.55. The second kappa shape index (κ2) is 11.9. The molecule has 3 aromatic rings. The van der Waals surface area contributed by atoms with Crippen LogP contribution in [0.15, 0.2) is 48.5 Å². The van der Waals surface area contributed by atoms with E-state index in [0.29, 0.717) is 19.3 Å². The summed E-state index contributed by atoms with van der Waals surface area (Å²) in [5.74, 6) is -1.41. The molecule has 0 radical (unpaired) electrons. The number of rotatable bonds is 9. The molecule has 2 N–H and O–H groups in total. The van der Waals surface area contributed by atoms with Gasteiger partial charge in [-0.2, -0.15) is 13.2 Å². The van der Waals surface area contributed by atoms with Crippen LogP contribution in [0.4, 0.5) is 17.6 Å². The molecule has 1 aromatic heterocycles. The number of alkyl halides is 3. The number of nitrogens with one attached hydrogen (secondary N) is 1. The average Bonchev–Trinajstić information content (AvgIpc) is 3.36. The second-order valence-electron chi connectivity index (χ2n) is 9.25. The molecule has 1 heterocycles. The summed E-state index contributed by atoms with van der Waals surface area (Å²) in [6.07, 6.45) is -4.29. The molecule has 2 unspecified atom stereocenters. The van der Waals surface area contributed by atoms with Crippen LogP contribution in [0.1, 0.15) is 35.3 Å². The Morgan fingerprint density at radius 1 is 1.07 bits per heavy atom. The number of ketones is 1. The number of methoxy groups -OCH3 is 2. The second-order valence-corrected chi connectivity index (χ2v) is 9.65. The zero-order chi connectivity index (χ0) is 29.9. The van der Waals surface area contributed by atoms with E-state index in [2.05, 4.69) is 10.3 Å². The van der Waals surface area contributed by atoms with Gasteiger partial charge in [0.05, 0.1) is 31.5 Å². The van der Waals surface area contributed by atoms with Gasteiger partial charge in [0, 0.05) is 17.5 Å². The minimum atomic E-state index is -5.28. The number of amides is 1. The van der Waals surface area contributed by atoms with Crippen molar-refractivity contribution in [1.29, 1.82) is 0 Å². The number of carbonyl (C=O) groups excluding carboxylic acids is 2. The van der Waals surface area contributed by atoms with Crippen LogP contribution in [0.2, 0.25) is 5.02 Å². The quantitative estimate of drug-likeness (QED) is 0.325. The van der Waals surface area contributed by atoms with Gasteiger partial charge < -0.3 is 24.6 Å². The molecular formula is C28H25ClF4N2O6. The third kappa shape index (κ3) is 6.23. The van der Waals surface area contributed by atoms with E-state index in [1.165, 1.54) is 38.5 Å². The maximum Gasteiger partial charge on any atom is 0.424 e. The highest BCUT2D eigenvalue weighted by Crippen LogP contribution is 2.40. The number of halogens is 5. The monoisotopic (exact) mass is 596 g/mol. The Balaban J connectivity index is 1.60. The highest BCUT2D eigenvalue weighted by Gasteiger charge is 2.56. The van der Waals surface area contributed by atoms with Gasteiger partial charge in [0.25, 0.3) is 5.91 Å². The molecule has 1 aliphatic rings. The number of ether oxygens (including phenoxy) is 3. The number of pyridine rings is 1. The summed E-state index contributed by atoms with van der Waals surface area (Å²) in [4.78, 5) is 28.7. The first-order chi connectivity index (χ1) is 19.4. The Morgan fingerprint density at radius 2 is 1.78 bits per heavy atom. The normalized spacial score (nSPS) is 16.7. The van der Waals surface area contributed by atoms with Crippen molar-refractivity contribution in [3.63, 3.8) is 0 Å². The Morgan fingerprint density at radius 3 is 2.39 bits per heavy atom. The van der Waals surface area contributed by atoms with Gasteiger partial charge in [-0.15, -0.1) is 0 Å². The minimum absolute atomic E-state index is 0.0405. The van der Waals surface area contributed by atoms with E-state index in [1.807, 2.05) is 0 Å². The molecule has 13 heteroatoms. The average molecular weight is 597 g/mol. The molecule has 41 heavy (non-hydrogen) atoms.